The number of carbonyl (C=O) groups excluding carboxylic acids is 4. The van der Waals surface area contributed by atoms with E-state index in [1.807, 2.05) is 0 Å². The minimum absolute atomic E-state index is 0.143. The molecule has 0 aliphatic rings. The van der Waals surface area contributed by atoms with E-state index in [4.69, 9.17) is 9.47 Å². The molecule has 2 N–H and O–H groups in total. The normalized spacial score (nSPS) is 12.3. The molecule has 0 saturated heterocycles. The van der Waals surface area contributed by atoms with Gasteiger partial charge in [0.15, 0.2) is 0 Å². The topological polar surface area (TPSA) is 111 Å². The molecule has 2 unspecified atom stereocenters. The third-order valence-electron chi connectivity index (χ3n) is 7.86. The molecule has 1 aromatic rings. The molecule has 8 heteroatoms. The Morgan fingerprint density at radius 3 is 1.16 bits per heavy atom. The lowest BCUT2D eigenvalue weighted by molar-refractivity contribution is -0.146. The van der Waals surface area contributed by atoms with Crippen molar-refractivity contribution < 1.29 is 28.7 Å². The van der Waals surface area contributed by atoms with Gasteiger partial charge in [-0.3, -0.25) is 9.59 Å². The summed E-state index contributed by atoms with van der Waals surface area (Å²) in [6.07, 6.45) is 18.9. The van der Waals surface area contributed by atoms with Crippen LogP contribution in [-0.4, -0.2) is 49.1 Å². The lowest BCUT2D eigenvalue weighted by Gasteiger charge is -2.20. The minimum Gasteiger partial charge on any atom is -0.464 e. The molecule has 0 aliphatic carbocycles. The summed E-state index contributed by atoms with van der Waals surface area (Å²) < 4.78 is 10.5. The van der Waals surface area contributed by atoms with Crippen LogP contribution in [0.2, 0.25) is 0 Å². The van der Waals surface area contributed by atoms with Crippen molar-refractivity contribution in [2.75, 3.05) is 13.2 Å². The van der Waals surface area contributed by atoms with Gasteiger partial charge >= 0.3 is 11.9 Å². The fourth-order valence-electron chi connectivity index (χ4n) is 5.30. The second-order valence-electron chi connectivity index (χ2n) is 11.6. The lowest BCUT2D eigenvalue weighted by Crippen LogP contribution is -2.44. The summed E-state index contributed by atoms with van der Waals surface area (Å²) in [5, 5.41) is 5.62. The minimum atomic E-state index is -0.798. The first-order valence-corrected chi connectivity index (χ1v) is 17.4. The Kier molecular flexibility index (Phi) is 22.6. The molecule has 1 aromatic carbocycles. The van der Waals surface area contributed by atoms with Gasteiger partial charge in [0.1, 0.15) is 12.1 Å². The molecule has 2 amide bonds. The van der Waals surface area contributed by atoms with Gasteiger partial charge in [-0.2, -0.15) is 0 Å². The van der Waals surface area contributed by atoms with E-state index >= 15 is 0 Å². The Labute approximate surface area is 266 Å². The molecule has 1 rings (SSSR count). The number of amides is 2. The van der Waals surface area contributed by atoms with Crippen molar-refractivity contribution in [1.82, 2.24) is 10.6 Å². The molecule has 0 radical (unpaired) electrons. The number of unbranched alkanes of at least 4 members (excludes halogenated alkanes) is 14. The van der Waals surface area contributed by atoms with Crippen LogP contribution >= 0.6 is 0 Å². The fraction of sp³-hybridized carbons (Fsp3) is 0.722. The predicted molar refractivity (Wildman–Crippen MR) is 177 cm³/mol. The van der Waals surface area contributed by atoms with Crippen LogP contribution in [0.5, 0.6) is 0 Å². The molecule has 0 saturated carbocycles. The van der Waals surface area contributed by atoms with Gasteiger partial charge in [0.2, 0.25) is 0 Å². The predicted octanol–water partition coefficient (Wildman–Crippen LogP) is 8.07. The molecule has 0 spiro atoms. The van der Waals surface area contributed by atoms with Gasteiger partial charge in [-0.25, -0.2) is 9.59 Å². The Bertz CT molecular complexity index is 875. The summed E-state index contributed by atoms with van der Waals surface area (Å²) in [4.78, 5) is 52.2. The van der Waals surface area contributed by atoms with Crippen LogP contribution in [0.25, 0.3) is 0 Å². The van der Waals surface area contributed by atoms with Gasteiger partial charge in [0, 0.05) is 0 Å². The summed E-state index contributed by atoms with van der Waals surface area (Å²) >= 11 is 0. The van der Waals surface area contributed by atoms with Crippen molar-refractivity contribution in [3.05, 3.63) is 35.4 Å². The molecule has 2 atom stereocenters. The van der Waals surface area contributed by atoms with Crippen LogP contribution in [0.3, 0.4) is 0 Å². The number of rotatable bonds is 26. The highest BCUT2D eigenvalue weighted by molar-refractivity contribution is 6.08. The van der Waals surface area contributed by atoms with Crippen LogP contribution < -0.4 is 10.6 Å². The van der Waals surface area contributed by atoms with Crippen molar-refractivity contribution in [3.63, 3.8) is 0 Å². The Hall–Kier alpha value is -2.90. The Morgan fingerprint density at radius 2 is 0.841 bits per heavy atom. The largest absolute Gasteiger partial charge is 0.464 e. The first kappa shape index (κ1) is 39.1. The van der Waals surface area contributed by atoms with Crippen LogP contribution in [0, 0.1) is 0 Å². The summed E-state index contributed by atoms with van der Waals surface area (Å²) in [6, 6.07) is 4.86. The number of hydrogen-bond acceptors (Lipinski definition) is 6. The van der Waals surface area contributed by atoms with Gasteiger partial charge in [0.05, 0.1) is 24.3 Å². The standard InChI is InChI=1S/C36H60N2O6/c1-5-9-11-13-15-17-19-21-27-31(35(41)43-7-3)37-33(39)29-25-23-24-26-30(29)34(40)38-32(36(42)44-8-4)28-22-20-18-16-14-12-10-6-2/h23-26,31-32H,5-22,27-28H2,1-4H3,(H,37,39)(H,38,40). The number of hydrogen-bond donors (Lipinski definition) is 2. The third kappa shape index (κ3) is 16.8. The maximum Gasteiger partial charge on any atom is 0.328 e. The maximum absolute atomic E-state index is 13.4. The highest BCUT2D eigenvalue weighted by Gasteiger charge is 2.27. The van der Waals surface area contributed by atoms with Gasteiger partial charge in [-0.05, 0) is 38.8 Å². The molecule has 0 fully saturated rings. The second kappa shape index (κ2) is 25.4. The van der Waals surface area contributed by atoms with Gasteiger partial charge in [-0.1, -0.05) is 129 Å². The van der Waals surface area contributed by atoms with Crippen LogP contribution in [-0.2, 0) is 19.1 Å². The summed E-state index contributed by atoms with van der Waals surface area (Å²) in [6.45, 7) is 8.31. The SMILES string of the molecule is CCCCCCCCCCC(NC(=O)c1ccccc1C(=O)NC(CCCCCCCCCC)C(=O)OCC)C(=O)OCC. The van der Waals surface area contributed by atoms with Crippen molar-refractivity contribution in [2.45, 2.75) is 155 Å². The summed E-state index contributed by atoms with van der Waals surface area (Å²) in [5.41, 5.74) is 0.287. The average Bonchev–Trinajstić information content (AvgIpc) is 3.02. The molecule has 0 heterocycles. The van der Waals surface area contributed by atoms with Gasteiger partial charge < -0.3 is 20.1 Å². The maximum atomic E-state index is 13.4. The zero-order valence-corrected chi connectivity index (χ0v) is 28.1. The number of benzene rings is 1. The van der Waals surface area contributed by atoms with Crippen molar-refractivity contribution in [1.29, 1.82) is 0 Å². The van der Waals surface area contributed by atoms with E-state index in [0.717, 1.165) is 38.5 Å². The highest BCUT2D eigenvalue weighted by atomic mass is 16.5. The zero-order valence-electron chi connectivity index (χ0n) is 28.1. The first-order valence-electron chi connectivity index (χ1n) is 17.4. The number of ether oxygens (including phenoxy) is 2. The van der Waals surface area contributed by atoms with Gasteiger partial charge in [0.25, 0.3) is 11.8 Å². The fourth-order valence-corrected chi connectivity index (χ4v) is 5.30. The quantitative estimate of drug-likeness (QED) is 0.0804. The van der Waals surface area contributed by atoms with E-state index in [2.05, 4.69) is 24.5 Å². The summed E-state index contributed by atoms with van der Waals surface area (Å²) in [7, 11) is 0. The van der Waals surface area contributed by atoms with Crippen LogP contribution in [0.15, 0.2) is 24.3 Å². The zero-order chi connectivity index (χ0) is 32.4. The highest BCUT2D eigenvalue weighted by Crippen LogP contribution is 2.16. The Balaban J connectivity index is 2.82. The van der Waals surface area contributed by atoms with E-state index in [9.17, 15) is 19.2 Å². The Morgan fingerprint density at radius 1 is 0.523 bits per heavy atom. The first-order chi connectivity index (χ1) is 21.4. The van der Waals surface area contributed by atoms with Crippen LogP contribution in [0.1, 0.15) is 164 Å². The molecule has 0 aliphatic heterocycles. The van der Waals surface area contributed by atoms with Crippen molar-refractivity contribution in [2.24, 2.45) is 0 Å². The molecular weight excluding hydrogens is 556 g/mol. The molecule has 8 nitrogen and oxygen atoms in total. The third-order valence-corrected chi connectivity index (χ3v) is 7.86. The van der Waals surface area contributed by atoms with E-state index < -0.39 is 35.8 Å². The average molecular weight is 617 g/mol. The number of carbonyl (C=O) groups is 4. The van der Waals surface area contributed by atoms with E-state index in [1.54, 1.807) is 38.1 Å². The van der Waals surface area contributed by atoms with Crippen molar-refractivity contribution >= 4 is 23.8 Å². The monoisotopic (exact) mass is 616 g/mol. The molecule has 0 bridgehead atoms. The summed E-state index contributed by atoms with van der Waals surface area (Å²) in [5.74, 6) is -2.00. The van der Waals surface area contributed by atoms with E-state index in [-0.39, 0.29) is 24.3 Å². The number of nitrogens with one attached hydrogen (secondary N) is 2. The molecule has 0 aromatic heterocycles. The van der Waals surface area contributed by atoms with Crippen LogP contribution in [0.4, 0.5) is 0 Å². The van der Waals surface area contributed by atoms with E-state index in [0.29, 0.717) is 12.8 Å². The number of esters is 2. The lowest BCUT2D eigenvalue weighted by atomic mass is 10.0. The second-order valence-corrected chi connectivity index (χ2v) is 11.6. The molecule has 250 valence electrons. The van der Waals surface area contributed by atoms with E-state index in [1.165, 1.54) is 64.2 Å². The van der Waals surface area contributed by atoms with Gasteiger partial charge in [-0.15, -0.1) is 0 Å². The smallest absolute Gasteiger partial charge is 0.328 e. The van der Waals surface area contributed by atoms with Crippen molar-refractivity contribution in [3.8, 4) is 0 Å². The molecular formula is C36H60N2O6. The molecule has 44 heavy (non-hydrogen) atoms.